The number of carbonyl (C=O) groups is 1. The molecule has 0 atom stereocenters. The zero-order valence-corrected chi connectivity index (χ0v) is 16.7. The van der Waals surface area contributed by atoms with Crippen LogP contribution in [0.15, 0.2) is 54.6 Å². The van der Waals surface area contributed by atoms with Crippen LogP contribution < -0.4 is 14.4 Å². The van der Waals surface area contributed by atoms with Crippen LogP contribution in [0.1, 0.15) is 0 Å². The fraction of sp³-hybridized carbons (Fsp3) is 0.409. The summed E-state index contributed by atoms with van der Waals surface area (Å²) in [5, 5.41) is 0. The predicted octanol–water partition coefficient (Wildman–Crippen LogP) is 2.35. The maximum atomic E-state index is 12.6. The van der Waals surface area contributed by atoms with Crippen molar-refractivity contribution in [1.29, 1.82) is 0 Å². The Bertz CT molecular complexity index is 746. The van der Waals surface area contributed by atoms with E-state index in [1.165, 1.54) is 0 Å². The number of hydrogen-bond acceptors (Lipinski definition) is 5. The van der Waals surface area contributed by atoms with E-state index < -0.39 is 0 Å². The van der Waals surface area contributed by atoms with Crippen LogP contribution in [0.5, 0.6) is 11.5 Å². The molecule has 150 valence electrons. The number of methoxy groups -OCH3 is 1. The third-order valence-corrected chi connectivity index (χ3v) is 4.95. The highest BCUT2D eigenvalue weighted by Gasteiger charge is 2.23. The summed E-state index contributed by atoms with van der Waals surface area (Å²) in [4.78, 5) is 18.8. The lowest BCUT2D eigenvalue weighted by Crippen LogP contribution is -2.51. The fourth-order valence-electron chi connectivity index (χ4n) is 3.33. The van der Waals surface area contributed by atoms with Gasteiger partial charge in [-0.25, -0.2) is 0 Å². The molecule has 1 fully saturated rings. The maximum Gasteiger partial charge on any atom is 0.236 e. The Morgan fingerprint density at radius 1 is 1.00 bits per heavy atom. The SMILES string of the molecule is COc1ccccc1N1CCN(C(=O)CN(C)CCOc2ccccc2)CC1. The Balaban J connectivity index is 1.41. The first kappa shape index (κ1) is 20.0. The van der Waals surface area contributed by atoms with Gasteiger partial charge in [-0.05, 0) is 31.3 Å². The van der Waals surface area contributed by atoms with Crippen LogP contribution in [0.25, 0.3) is 0 Å². The van der Waals surface area contributed by atoms with Gasteiger partial charge in [-0.15, -0.1) is 0 Å². The number of piperazine rings is 1. The Morgan fingerprint density at radius 2 is 1.68 bits per heavy atom. The number of amides is 1. The van der Waals surface area contributed by atoms with Crippen molar-refractivity contribution in [2.24, 2.45) is 0 Å². The largest absolute Gasteiger partial charge is 0.495 e. The van der Waals surface area contributed by atoms with E-state index in [-0.39, 0.29) is 5.91 Å². The van der Waals surface area contributed by atoms with Crippen molar-refractivity contribution in [1.82, 2.24) is 9.80 Å². The van der Waals surface area contributed by atoms with Crippen LogP contribution in [0.4, 0.5) is 5.69 Å². The Labute approximate surface area is 167 Å². The molecule has 0 aromatic heterocycles. The minimum Gasteiger partial charge on any atom is -0.495 e. The Hall–Kier alpha value is -2.73. The van der Waals surface area contributed by atoms with Crippen LogP contribution in [0, 0.1) is 0 Å². The molecule has 0 spiro atoms. The van der Waals surface area contributed by atoms with Gasteiger partial charge in [-0.3, -0.25) is 9.69 Å². The molecule has 0 radical (unpaired) electrons. The van der Waals surface area contributed by atoms with Crippen molar-refractivity contribution in [2.45, 2.75) is 0 Å². The molecule has 1 saturated heterocycles. The predicted molar refractivity (Wildman–Crippen MR) is 111 cm³/mol. The number of rotatable bonds is 8. The second kappa shape index (κ2) is 9.99. The molecular formula is C22H29N3O3. The molecule has 1 amide bonds. The van der Waals surface area contributed by atoms with E-state index in [0.717, 1.165) is 43.4 Å². The summed E-state index contributed by atoms with van der Waals surface area (Å²) in [6.45, 7) is 4.76. The molecule has 2 aromatic rings. The molecule has 1 heterocycles. The summed E-state index contributed by atoms with van der Waals surface area (Å²) in [5.74, 6) is 1.90. The number of benzene rings is 2. The van der Waals surface area contributed by atoms with E-state index in [1.807, 2.05) is 65.4 Å². The molecule has 6 nitrogen and oxygen atoms in total. The number of nitrogens with zero attached hydrogens (tertiary/aromatic N) is 3. The average molecular weight is 383 g/mol. The van der Waals surface area contributed by atoms with E-state index in [9.17, 15) is 4.79 Å². The zero-order chi connectivity index (χ0) is 19.8. The monoisotopic (exact) mass is 383 g/mol. The molecule has 0 unspecified atom stereocenters. The van der Waals surface area contributed by atoms with Gasteiger partial charge >= 0.3 is 0 Å². The van der Waals surface area contributed by atoms with Gasteiger partial charge in [0.05, 0.1) is 19.3 Å². The molecule has 0 bridgehead atoms. The molecule has 1 aliphatic rings. The minimum absolute atomic E-state index is 0.168. The van der Waals surface area contributed by atoms with Gasteiger partial charge in [-0.1, -0.05) is 30.3 Å². The molecular weight excluding hydrogens is 354 g/mol. The smallest absolute Gasteiger partial charge is 0.236 e. The summed E-state index contributed by atoms with van der Waals surface area (Å²) in [6, 6.07) is 17.8. The number of anilines is 1. The molecule has 3 rings (SSSR count). The van der Waals surface area contributed by atoms with Crippen molar-refractivity contribution >= 4 is 11.6 Å². The topological polar surface area (TPSA) is 45.2 Å². The Kier molecular flexibility index (Phi) is 7.14. The number of carbonyl (C=O) groups excluding carboxylic acids is 1. The first-order valence-corrected chi connectivity index (χ1v) is 9.69. The standard InChI is InChI=1S/C22H29N3O3/c1-23(16-17-28-19-8-4-3-5-9-19)18-22(26)25-14-12-24(13-15-25)20-10-6-7-11-21(20)27-2/h3-11H,12-18H2,1-2H3. The van der Waals surface area contributed by atoms with Gasteiger partial charge in [0.2, 0.25) is 5.91 Å². The van der Waals surface area contributed by atoms with Crippen LogP contribution in [0.2, 0.25) is 0 Å². The van der Waals surface area contributed by atoms with Gasteiger partial charge in [0, 0.05) is 32.7 Å². The summed E-state index contributed by atoms with van der Waals surface area (Å²) in [7, 11) is 3.65. The highest BCUT2D eigenvalue weighted by Crippen LogP contribution is 2.28. The molecule has 6 heteroatoms. The van der Waals surface area contributed by atoms with Gasteiger partial charge in [0.1, 0.15) is 18.1 Å². The summed E-state index contributed by atoms with van der Waals surface area (Å²) in [6.07, 6.45) is 0. The summed E-state index contributed by atoms with van der Waals surface area (Å²) in [5.41, 5.74) is 1.09. The van der Waals surface area contributed by atoms with Gasteiger partial charge < -0.3 is 19.3 Å². The lowest BCUT2D eigenvalue weighted by atomic mass is 10.2. The quantitative estimate of drug-likeness (QED) is 0.700. The maximum absolute atomic E-state index is 12.6. The van der Waals surface area contributed by atoms with Crippen LogP contribution in [0.3, 0.4) is 0 Å². The van der Waals surface area contributed by atoms with Crippen molar-refractivity contribution in [3.05, 3.63) is 54.6 Å². The number of para-hydroxylation sites is 3. The number of likely N-dealkylation sites (N-methyl/N-ethyl adjacent to an activating group) is 1. The highest BCUT2D eigenvalue weighted by atomic mass is 16.5. The summed E-state index contributed by atoms with van der Waals surface area (Å²) < 4.78 is 11.2. The fourth-order valence-corrected chi connectivity index (χ4v) is 3.33. The molecule has 0 N–H and O–H groups in total. The minimum atomic E-state index is 0.168. The van der Waals surface area contributed by atoms with Crippen molar-refractivity contribution in [3.8, 4) is 11.5 Å². The summed E-state index contributed by atoms with van der Waals surface area (Å²) >= 11 is 0. The van der Waals surface area contributed by atoms with E-state index in [1.54, 1.807) is 7.11 Å². The van der Waals surface area contributed by atoms with Crippen molar-refractivity contribution in [3.63, 3.8) is 0 Å². The van der Waals surface area contributed by atoms with Gasteiger partial charge in [0.15, 0.2) is 0 Å². The molecule has 2 aromatic carbocycles. The third-order valence-electron chi connectivity index (χ3n) is 4.95. The van der Waals surface area contributed by atoms with Crippen LogP contribution in [-0.4, -0.2) is 75.7 Å². The van der Waals surface area contributed by atoms with E-state index >= 15 is 0 Å². The first-order chi connectivity index (χ1) is 13.7. The number of hydrogen-bond donors (Lipinski definition) is 0. The second-order valence-corrected chi connectivity index (χ2v) is 6.94. The Morgan fingerprint density at radius 3 is 2.39 bits per heavy atom. The number of ether oxygens (including phenoxy) is 2. The van der Waals surface area contributed by atoms with Gasteiger partial charge in [-0.2, -0.15) is 0 Å². The normalized spacial score (nSPS) is 14.2. The average Bonchev–Trinajstić information content (AvgIpc) is 2.74. The van der Waals surface area contributed by atoms with E-state index in [0.29, 0.717) is 19.7 Å². The molecule has 0 aliphatic carbocycles. The lowest BCUT2D eigenvalue weighted by molar-refractivity contribution is -0.132. The third kappa shape index (κ3) is 5.39. The zero-order valence-electron chi connectivity index (χ0n) is 16.7. The highest BCUT2D eigenvalue weighted by molar-refractivity contribution is 5.78. The van der Waals surface area contributed by atoms with E-state index in [2.05, 4.69) is 11.0 Å². The van der Waals surface area contributed by atoms with Crippen molar-refractivity contribution < 1.29 is 14.3 Å². The lowest BCUT2D eigenvalue weighted by Gasteiger charge is -2.37. The molecule has 1 aliphatic heterocycles. The molecule has 28 heavy (non-hydrogen) atoms. The van der Waals surface area contributed by atoms with Gasteiger partial charge in [0.25, 0.3) is 0 Å². The van der Waals surface area contributed by atoms with Crippen LogP contribution in [-0.2, 0) is 4.79 Å². The molecule has 0 saturated carbocycles. The second-order valence-electron chi connectivity index (χ2n) is 6.94. The first-order valence-electron chi connectivity index (χ1n) is 9.69. The van der Waals surface area contributed by atoms with Crippen molar-refractivity contribution in [2.75, 3.05) is 64.9 Å². The van der Waals surface area contributed by atoms with E-state index in [4.69, 9.17) is 9.47 Å². The van der Waals surface area contributed by atoms with Crippen LogP contribution >= 0.6 is 0 Å².